The first kappa shape index (κ1) is 20.9. The van der Waals surface area contributed by atoms with Crippen molar-refractivity contribution in [3.8, 4) is 0 Å². The quantitative estimate of drug-likeness (QED) is 0.327. The van der Waals surface area contributed by atoms with Gasteiger partial charge in [-0.1, -0.05) is 54.6 Å². The van der Waals surface area contributed by atoms with E-state index in [1.165, 1.54) is 27.3 Å². The Hall–Kier alpha value is -2.98. The first-order valence-electron chi connectivity index (χ1n) is 11.3. The number of carbonyl (C=O) groups excluding carboxylic acids is 1. The van der Waals surface area contributed by atoms with Crippen LogP contribution >= 0.6 is 11.8 Å². The third-order valence-electron chi connectivity index (χ3n) is 6.61. The molecule has 3 nitrogen and oxygen atoms in total. The summed E-state index contributed by atoms with van der Waals surface area (Å²) in [7, 11) is 0. The number of benzene rings is 3. The van der Waals surface area contributed by atoms with Gasteiger partial charge in [0.05, 0.1) is 6.04 Å². The minimum absolute atomic E-state index is 0.0582. The van der Waals surface area contributed by atoms with E-state index in [1.807, 2.05) is 24.3 Å². The maximum absolute atomic E-state index is 12.5. The Balaban J connectivity index is 1.32. The topological polar surface area (TPSA) is 41.1 Å². The fourth-order valence-electron chi connectivity index (χ4n) is 4.94. The van der Waals surface area contributed by atoms with Gasteiger partial charge in [-0.2, -0.15) is 0 Å². The molecule has 2 N–H and O–H groups in total. The summed E-state index contributed by atoms with van der Waals surface area (Å²) >= 11 is 1.77. The highest BCUT2D eigenvalue weighted by Gasteiger charge is 2.37. The molecule has 0 spiro atoms. The largest absolute Gasteiger partial charge is 0.378 e. The number of fused-ring (bicyclic) bond motifs is 3. The van der Waals surface area contributed by atoms with Crippen molar-refractivity contribution in [2.24, 2.45) is 5.92 Å². The van der Waals surface area contributed by atoms with Crippen LogP contribution in [0.1, 0.15) is 41.5 Å². The SMILES string of the molecule is CSc1ccc(C2Nc3ccc(NC(=O)CCc4ccccc4)cc3C3C=CCC32)cc1. The number of nitrogens with one attached hydrogen (secondary N) is 2. The molecule has 2 aliphatic rings. The standard InChI is InChI=1S/C28H28N2OS/c1-32-22-14-11-20(12-15-22)28-24-9-5-8-23(24)25-18-21(13-16-26(25)30-28)29-27(31)17-10-19-6-3-2-4-7-19/h2-8,11-16,18,23-24,28,30H,9-10,17H2,1H3,(H,29,31). The van der Waals surface area contributed by atoms with E-state index >= 15 is 0 Å². The Kier molecular flexibility index (Phi) is 6.04. The molecule has 32 heavy (non-hydrogen) atoms. The lowest BCUT2D eigenvalue weighted by Gasteiger charge is -2.37. The van der Waals surface area contributed by atoms with E-state index in [9.17, 15) is 4.79 Å². The molecular formula is C28H28N2OS. The Morgan fingerprint density at radius 2 is 1.88 bits per heavy atom. The summed E-state index contributed by atoms with van der Waals surface area (Å²) in [5, 5.41) is 6.89. The minimum Gasteiger partial charge on any atom is -0.378 e. The summed E-state index contributed by atoms with van der Waals surface area (Å²) < 4.78 is 0. The van der Waals surface area contributed by atoms with Crippen LogP contribution in [0.4, 0.5) is 11.4 Å². The van der Waals surface area contributed by atoms with Gasteiger partial charge in [0, 0.05) is 28.6 Å². The van der Waals surface area contributed by atoms with Gasteiger partial charge in [0.2, 0.25) is 5.91 Å². The maximum atomic E-state index is 12.5. The smallest absolute Gasteiger partial charge is 0.224 e. The van der Waals surface area contributed by atoms with Gasteiger partial charge in [0.15, 0.2) is 0 Å². The molecule has 4 heteroatoms. The molecule has 3 aromatic carbocycles. The molecule has 5 rings (SSSR count). The van der Waals surface area contributed by atoms with Crippen LogP contribution in [0.3, 0.4) is 0 Å². The van der Waals surface area contributed by atoms with Gasteiger partial charge in [-0.3, -0.25) is 4.79 Å². The van der Waals surface area contributed by atoms with Crippen molar-refractivity contribution in [1.82, 2.24) is 0 Å². The van der Waals surface area contributed by atoms with Gasteiger partial charge >= 0.3 is 0 Å². The van der Waals surface area contributed by atoms with Gasteiger partial charge in [-0.05, 0) is 72.0 Å². The molecule has 3 unspecified atom stereocenters. The second-order valence-electron chi connectivity index (χ2n) is 8.58. The summed E-state index contributed by atoms with van der Waals surface area (Å²) in [6.07, 6.45) is 9.07. The van der Waals surface area contributed by atoms with Crippen LogP contribution in [0.15, 0.2) is 89.8 Å². The lowest BCUT2D eigenvalue weighted by Crippen LogP contribution is -2.29. The van der Waals surface area contributed by atoms with Gasteiger partial charge in [-0.25, -0.2) is 0 Å². The molecule has 3 aromatic rings. The predicted molar refractivity (Wildman–Crippen MR) is 134 cm³/mol. The molecule has 1 aliphatic carbocycles. The number of anilines is 2. The van der Waals surface area contributed by atoms with Crippen LogP contribution in [-0.2, 0) is 11.2 Å². The molecule has 1 amide bonds. The Morgan fingerprint density at radius 1 is 1.06 bits per heavy atom. The number of hydrogen-bond acceptors (Lipinski definition) is 3. The average Bonchev–Trinajstić information content (AvgIpc) is 3.33. The van der Waals surface area contributed by atoms with Gasteiger partial charge in [0.25, 0.3) is 0 Å². The van der Waals surface area contributed by atoms with Crippen LogP contribution in [0.2, 0.25) is 0 Å². The second-order valence-corrected chi connectivity index (χ2v) is 9.46. The number of amides is 1. The van der Waals surface area contributed by atoms with Gasteiger partial charge in [0.1, 0.15) is 0 Å². The minimum atomic E-state index is 0.0582. The summed E-state index contributed by atoms with van der Waals surface area (Å²) in [5.41, 5.74) is 5.85. The summed E-state index contributed by atoms with van der Waals surface area (Å²) in [5.74, 6) is 0.923. The van der Waals surface area contributed by atoms with Crippen LogP contribution < -0.4 is 10.6 Å². The normalized spacial score (nSPS) is 20.8. The van der Waals surface area contributed by atoms with Crippen LogP contribution in [0, 0.1) is 5.92 Å². The van der Waals surface area contributed by atoms with E-state index in [0.717, 1.165) is 18.5 Å². The number of hydrogen-bond donors (Lipinski definition) is 2. The summed E-state index contributed by atoms with van der Waals surface area (Å²) in [4.78, 5) is 13.8. The van der Waals surface area contributed by atoms with Crippen molar-refractivity contribution in [3.63, 3.8) is 0 Å². The van der Waals surface area contributed by atoms with Crippen molar-refractivity contribution < 1.29 is 4.79 Å². The van der Waals surface area contributed by atoms with Crippen LogP contribution in [0.25, 0.3) is 0 Å². The van der Waals surface area contributed by atoms with Crippen LogP contribution in [0.5, 0.6) is 0 Å². The predicted octanol–water partition coefficient (Wildman–Crippen LogP) is 6.81. The molecule has 0 aromatic heterocycles. The van der Waals surface area contributed by atoms with Gasteiger partial charge in [-0.15, -0.1) is 11.8 Å². The number of allylic oxidation sites excluding steroid dienone is 2. The highest BCUT2D eigenvalue weighted by atomic mass is 32.2. The van der Waals surface area contributed by atoms with Crippen molar-refractivity contribution in [2.75, 3.05) is 16.9 Å². The Bertz CT molecular complexity index is 1120. The molecule has 1 aliphatic heterocycles. The first-order chi connectivity index (χ1) is 15.7. The highest BCUT2D eigenvalue weighted by Crippen LogP contribution is 2.50. The zero-order valence-corrected chi connectivity index (χ0v) is 19.1. The molecule has 1 heterocycles. The van der Waals surface area contributed by atoms with E-state index in [1.54, 1.807) is 11.8 Å². The van der Waals surface area contributed by atoms with E-state index in [-0.39, 0.29) is 5.91 Å². The fraction of sp³-hybridized carbons (Fsp3) is 0.250. The Morgan fingerprint density at radius 3 is 2.66 bits per heavy atom. The second kappa shape index (κ2) is 9.25. The number of carbonyl (C=O) groups is 1. The molecular weight excluding hydrogens is 412 g/mol. The molecule has 0 fully saturated rings. The third kappa shape index (κ3) is 4.33. The van der Waals surface area contributed by atoms with Crippen molar-refractivity contribution in [1.29, 1.82) is 0 Å². The maximum Gasteiger partial charge on any atom is 0.224 e. The number of aryl methyl sites for hydroxylation is 1. The average molecular weight is 441 g/mol. The first-order valence-corrected chi connectivity index (χ1v) is 12.5. The zero-order chi connectivity index (χ0) is 21.9. The summed E-state index contributed by atoms with van der Waals surface area (Å²) in [6.45, 7) is 0. The number of thioether (sulfide) groups is 1. The monoisotopic (exact) mass is 440 g/mol. The Labute approximate surface area is 194 Å². The molecule has 3 atom stereocenters. The van der Waals surface area contributed by atoms with E-state index in [2.05, 4.69) is 77.6 Å². The fourth-order valence-corrected chi connectivity index (χ4v) is 5.35. The van der Waals surface area contributed by atoms with E-state index in [4.69, 9.17) is 0 Å². The van der Waals surface area contributed by atoms with E-state index < -0.39 is 0 Å². The third-order valence-corrected chi connectivity index (χ3v) is 7.35. The number of rotatable bonds is 6. The van der Waals surface area contributed by atoms with E-state index in [0.29, 0.717) is 24.3 Å². The lowest BCUT2D eigenvalue weighted by atomic mass is 9.77. The summed E-state index contributed by atoms with van der Waals surface area (Å²) in [6, 6.07) is 25.7. The van der Waals surface area contributed by atoms with Crippen molar-refractivity contribution >= 4 is 29.0 Å². The lowest BCUT2D eigenvalue weighted by molar-refractivity contribution is -0.116. The zero-order valence-electron chi connectivity index (χ0n) is 18.3. The van der Waals surface area contributed by atoms with Crippen molar-refractivity contribution in [3.05, 3.63) is 102 Å². The molecule has 0 saturated carbocycles. The van der Waals surface area contributed by atoms with Crippen molar-refractivity contribution in [2.45, 2.75) is 36.1 Å². The molecule has 0 radical (unpaired) electrons. The molecule has 0 bridgehead atoms. The van der Waals surface area contributed by atoms with Gasteiger partial charge < -0.3 is 10.6 Å². The highest BCUT2D eigenvalue weighted by molar-refractivity contribution is 7.98. The van der Waals surface area contributed by atoms with Crippen LogP contribution in [-0.4, -0.2) is 12.2 Å². The molecule has 0 saturated heterocycles. The molecule has 162 valence electrons.